The van der Waals surface area contributed by atoms with Crippen LogP contribution in [0, 0.1) is 0 Å². The van der Waals surface area contributed by atoms with Gasteiger partial charge in [-0.15, -0.1) is 0 Å². The molecule has 23 heavy (non-hydrogen) atoms. The van der Waals surface area contributed by atoms with Gasteiger partial charge in [-0.3, -0.25) is 9.59 Å². The average molecular weight is 359 g/mol. The number of carbonyl (C=O) groups is 2. The van der Waals surface area contributed by atoms with E-state index in [1.165, 1.54) is 0 Å². The number of hydrogen-bond donors (Lipinski definition) is 2. The molecule has 5 nitrogen and oxygen atoms in total. The Morgan fingerprint density at radius 3 is 2.74 bits per heavy atom. The number of rotatable bonds is 5. The summed E-state index contributed by atoms with van der Waals surface area (Å²) in [5.74, 6) is -0.631. The van der Waals surface area contributed by atoms with E-state index in [0.29, 0.717) is 35.9 Å². The molecule has 1 atom stereocenters. The lowest BCUT2D eigenvalue weighted by Gasteiger charge is -2.38. The van der Waals surface area contributed by atoms with Crippen molar-refractivity contribution in [3.8, 4) is 0 Å². The van der Waals surface area contributed by atoms with E-state index in [-0.39, 0.29) is 25.3 Å². The fourth-order valence-electron chi connectivity index (χ4n) is 2.92. The zero-order valence-corrected chi connectivity index (χ0v) is 14.2. The van der Waals surface area contributed by atoms with Crippen molar-refractivity contribution >= 4 is 35.0 Å². The number of piperidine rings is 1. The summed E-state index contributed by atoms with van der Waals surface area (Å²) < 4.78 is 0. The van der Waals surface area contributed by atoms with E-state index in [9.17, 15) is 14.7 Å². The summed E-state index contributed by atoms with van der Waals surface area (Å²) >= 11 is 11.9. The van der Waals surface area contributed by atoms with Crippen molar-refractivity contribution in [2.75, 3.05) is 13.1 Å². The Labute approximate surface area is 145 Å². The summed E-state index contributed by atoms with van der Waals surface area (Å²) in [6, 6.07) is 5.19. The molecule has 0 spiro atoms. The minimum Gasteiger partial charge on any atom is -0.388 e. The average Bonchev–Trinajstić information content (AvgIpc) is 2.44. The number of aryl methyl sites for hydroxylation is 1. The predicted octanol–water partition coefficient (Wildman–Crippen LogP) is 2.15. The molecule has 1 fully saturated rings. The van der Waals surface area contributed by atoms with E-state index in [1.807, 2.05) is 0 Å². The maximum Gasteiger partial charge on any atom is 0.223 e. The second-order valence-corrected chi connectivity index (χ2v) is 6.87. The van der Waals surface area contributed by atoms with Crippen molar-refractivity contribution in [2.45, 2.75) is 37.7 Å². The van der Waals surface area contributed by atoms with Gasteiger partial charge in [-0.2, -0.15) is 0 Å². The molecular weight excluding hydrogens is 339 g/mol. The van der Waals surface area contributed by atoms with Crippen LogP contribution in [0.5, 0.6) is 0 Å². The van der Waals surface area contributed by atoms with Crippen molar-refractivity contribution in [1.82, 2.24) is 4.90 Å². The second kappa shape index (κ2) is 7.51. The minimum absolute atomic E-state index is 0.0707. The van der Waals surface area contributed by atoms with Gasteiger partial charge < -0.3 is 15.7 Å². The summed E-state index contributed by atoms with van der Waals surface area (Å²) in [4.78, 5) is 25.0. The molecule has 0 aromatic heterocycles. The van der Waals surface area contributed by atoms with Crippen molar-refractivity contribution in [2.24, 2.45) is 5.73 Å². The third-order valence-corrected chi connectivity index (χ3v) is 4.62. The van der Waals surface area contributed by atoms with Crippen molar-refractivity contribution in [3.05, 3.63) is 33.8 Å². The fraction of sp³-hybridized carbons (Fsp3) is 0.500. The van der Waals surface area contributed by atoms with Crippen LogP contribution in [0.3, 0.4) is 0 Å². The summed E-state index contributed by atoms with van der Waals surface area (Å²) in [7, 11) is 0. The van der Waals surface area contributed by atoms with E-state index in [1.54, 1.807) is 23.1 Å². The number of amides is 2. The Hall–Kier alpha value is -1.30. The Bertz CT molecular complexity index is 609. The third-order valence-electron chi connectivity index (χ3n) is 4.03. The van der Waals surface area contributed by atoms with Gasteiger partial charge in [0.25, 0.3) is 0 Å². The molecule has 1 heterocycles. The lowest BCUT2D eigenvalue weighted by Crippen LogP contribution is -2.51. The first-order valence-electron chi connectivity index (χ1n) is 7.51. The van der Waals surface area contributed by atoms with Crippen LogP contribution >= 0.6 is 23.2 Å². The number of halogens is 2. The van der Waals surface area contributed by atoms with Crippen LogP contribution in [0.25, 0.3) is 0 Å². The largest absolute Gasteiger partial charge is 0.388 e. The number of likely N-dealkylation sites (tertiary alicyclic amines) is 1. The molecule has 1 saturated heterocycles. The van der Waals surface area contributed by atoms with Crippen molar-refractivity contribution in [3.63, 3.8) is 0 Å². The number of β-amino-alcohol motifs (C(OH)–C–C–N with tert-alkyl or cyclic N) is 1. The first kappa shape index (κ1) is 18.0. The third kappa shape index (κ3) is 5.09. The molecular formula is C16H20Cl2N2O3. The molecule has 3 N–H and O–H groups in total. The number of nitrogens with two attached hydrogens (primary N) is 1. The highest BCUT2D eigenvalue weighted by molar-refractivity contribution is 6.35. The SMILES string of the molecule is NC(=O)CC1(O)CCCN(C(=O)CCc2ccc(Cl)cc2Cl)C1. The van der Waals surface area contributed by atoms with E-state index >= 15 is 0 Å². The highest BCUT2D eigenvalue weighted by Gasteiger charge is 2.36. The van der Waals surface area contributed by atoms with Gasteiger partial charge in [-0.25, -0.2) is 0 Å². The Morgan fingerprint density at radius 2 is 2.09 bits per heavy atom. The summed E-state index contributed by atoms with van der Waals surface area (Å²) in [6.45, 7) is 0.720. The summed E-state index contributed by atoms with van der Waals surface area (Å²) in [5, 5.41) is 11.5. The fourth-order valence-corrected chi connectivity index (χ4v) is 3.42. The van der Waals surface area contributed by atoms with Gasteiger partial charge in [0.1, 0.15) is 0 Å². The van der Waals surface area contributed by atoms with Crippen LogP contribution < -0.4 is 5.73 Å². The van der Waals surface area contributed by atoms with Crippen molar-refractivity contribution in [1.29, 1.82) is 0 Å². The molecule has 1 aromatic carbocycles. The quantitative estimate of drug-likeness (QED) is 0.845. The zero-order chi connectivity index (χ0) is 17.0. The summed E-state index contributed by atoms with van der Waals surface area (Å²) in [6.07, 6.45) is 1.79. The van der Waals surface area contributed by atoms with Crippen LogP contribution in [0.2, 0.25) is 10.0 Å². The van der Waals surface area contributed by atoms with Gasteiger partial charge in [0.15, 0.2) is 0 Å². The van der Waals surface area contributed by atoms with Crippen LogP contribution in [-0.4, -0.2) is 40.5 Å². The monoisotopic (exact) mass is 358 g/mol. The molecule has 2 rings (SSSR count). The van der Waals surface area contributed by atoms with Gasteiger partial charge in [-0.1, -0.05) is 29.3 Å². The zero-order valence-electron chi connectivity index (χ0n) is 12.7. The van der Waals surface area contributed by atoms with Crippen LogP contribution in [0.4, 0.5) is 0 Å². The van der Waals surface area contributed by atoms with Gasteiger partial charge in [-0.05, 0) is 37.0 Å². The van der Waals surface area contributed by atoms with Gasteiger partial charge in [0.05, 0.1) is 12.0 Å². The number of aliphatic hydroxyl groups is 1. The number of primary amides is 1. The van der Waals surface area contributed by atoms with E-state index in [2.05, 4.69) is 0 Å². The second-order valence-electron chi connectivity index (χ2n) is 6.02. The molecule has 0 aliphatic carbocycles. The van der Waals surface area contributed by atoms with Gasteiger partial charge in [0, 0.05) is 29.6 Å². The maximum atomic E-state index is 12.4. The molecule has 0 saturated carbocycles. The maximum absolute atomic E-state index is 12.4. The topological polar surface area (TPSA) is 83.6 Å². The predicted molar refractivity (Wildman–Crippen MR) is 89.4 cm³/mol. The molecule has 1 aliphatic heterocycles. The first-order valence-corrected chi connectivity index (χ1v) is 8.27. The van der Waals surface area contributed by atoms with Crippen molar-refractivity contribution < 1.29 is 14.7 Å². The van der Waals surface area contributed by atoms with E-state index in [0.717, 1.165) is 5.56 Å². The van der Waals surface area contributed by atoms with Gasteiger partial charge in [0.2, 0.25) is 11.8 Å². The van der Waals surface area contributed by atoms with Crippen LogP contribution in [0.1, 0.15) is 31.2 Å². The highest BCUT2D eigenvalue weighted by atomic mass is 35.5. The lowest BCUT2D eigenvalue weighted by atomic mass is 9.89. The summed E-state index contributed by atoms with van der Waals surface area (Å²) in [5.41, 5.74) is 4.81. The normalized spacial score (nSPS) is 21.3. The molecule has 7 heteroatoms. The van der Waals surface area contributed by atoms with Crippen LogP contribution in [-0.2, 0) is 16.0 Å². The Balaban J connectivity index is 1.93. The number of carbonyl (C=O) groups excluding carboxylic acids is 2. The highest BCUT2D eigenvalue weighted by Crippen LogP contribution is 2.26. The number of benzene rings is 1. The molecule has 1 aromatic rings. The lowest BCUT2D eigenvalue weighted by molar-refractivity contribution is -0.141. The van der Waals surface area contributed by atoms with Gasteiger partial charge >= 0.3 is 0 Å². The number of hydrogen-bond acceptors (Lipinski definition) is 3. The Morgan fingerprint density at radius 1 is 1.35 bits per heavy atom. The molecule has 1 unspecified atom stereocenters. The number of nitrogens with zero attached hydrogens (tertiary/aromatic N) is 1. The van der Waals surface area contributed by atoms with E-state index in [4.69, 9.17) is 28.9 Å². The first-order chi connectivity index (χ1) is 10.8. The minimum atomic E-state index is -1.21. The molecule has 0 radical (unpaired) electrons. The molecule has 0 bridgehead atoms. The standard InChI is InChI=1S/C16H20Cl2N2O3/c17-12-4-2-11(13(18)8-12)3-5-15(22)20-7-1-6-16(23,10-20)9-14(19)21/h2,4,8,23H,1,3,5-7,9-10H2,(H2,19,21). The molecule has 2 amide bonds. The Kier molecular flexibility index (Phi) is 5.89. The molecule has 1 aliphatic rings. The smallest absolute Gasteiger partial charge is 0.223 e. The molecule has 126 valence electrons. The van der Waals surface area contributed by atoms with E-state index < -0.39 is 11.5 Å². The van der Waals surface area contributed by atoms with Crippen LogP contribution in [0.15, 0.2) is 18.2 Å².